The van der Waals surface area contributed by atoms with Crippen LogP contribution < -0.4 is 10.5 Å². The summed E-state index contributed by atoms with van der Waals surface area (Å²) < 4.78 is 35.3. The van der Waals surface area contributed by atoms with Gasteiger partial charge in [0.15, 0.2) is 11.4 Å². The fourth-order valence-corrected chi connectivity index (χ4v) is 1.43. The number of ether oxygens (including phenoxy) is 2. The molecule has 7 heteroatoms. The lowest BCUT2D eigenvalue weighted by atomic mass is 10.1. The minimum absolute atomic E-state index is 0.0594. The van der Waals surface area contributed by atoms with E-state index in [-0.39, 0.29) is 30.3 Å². The summed E-state index contributed by atoms with van der Waals surface area (Å²) in [6.07, 6.45) is -2.79. The summed E-state index contributed by atoms with van der Waals surface area (Å²) in [5.74, 6) is -1.09. The van der Waals surface area contributed by atoms with Gasteiger partial charge < -0.3 is 15.2 Å². The Labute approximate surface area is 103 Å². The first kappa shape index (κ1) is 14.3. The minimum atomic E-state index is -2.79. The van der Waals surface area contributed by atoms with E-state index in [9.17, 15) is 13.6 Å². The Hall–Kier alpha value is -1.76. The molecule has 0 unspecified atom stereocenters. The second kappa shape index (κ2) is 6.25. The number of hydrogen-bond acceptors (Lipinski definition) is 5. The molecule has 1 heterocycles. The second-order valence-electron chi connectivity index (χ2n) is 3.31. The minimum Gasteiger partial charge on any atom is -0.494 e. The molecule has 0 bridgehead atoms. The Bertz CT molecular complexity index is 439. The van der Waals surface area contributed by atoms with Crippen LogP contribution in [0, 0.1) is 0 Å². The Morgan fingerprint density at radius 3 is 2.67 bits per heavy atom. The number of aromatic nitrogens is 1. The maximum absolute atomic E-state index is 12.9. The molecule has 0 saturated heterocycles. The highest BCUT2D eigenvalue weighted by molar-refractivity contribution is 5.91. The number of carbonyl (C=O) groups excluding carboxylic acids is 1. The van der Waals surface area contributed by atoms with E-state index in [1.807, 2.05) is 0 Å². The van der Waals surface area contributed by atoms with Crippen LogP contribution in [0.3, 0.4) is 0 Å². The number of rotatable bonds is 5. The Kier molecular flexibility index (Phi) is 4.96. The van der Waals surface area contributed by atoms with Crippen LogP contribution in [-0.2, 0) is 11.3 Å². The molecular formula is C11H14F2N2O3. The Balaban J connectivity index is 3.37. The largest absolute Gasteiger partial charge is 0.494 e. The van der Waals surface area contributed by atoms with E-state index in [4.69, 9.17) is 15.2 Å². The van der Waals surface area contributed by atoms with Crippen LogP contribution in [0.15, 0.2) is 6.07 Å². The summed E-state index contributed by atoms with van der Waals surface area (Å²) >= 11 is 0. The van der Waals surface area contributed by atoms with E-state index >= 15 is 0 Å². The summed E-state index contributed by atoms with van der Waals surface area (Å²) in [5.41, 5.74) is 4.83. The molecule has 1 aromatic rings. The molecule has 0 fully saturated rings. The normalized spacial score (nSPS) is 10.6. The molecule has 0 aromatic carbocycles. The maximum atomic E-state index is 12.9. The van der Waals surface area contributed by atoms with Crippen molar-refractivity contribution in [2.24, 2.45) is 5.73 Å². The highest BCUT2D eigenvalue weighted by atomic mass is 19.3. The third-order valence-corrected chi connectivity index (χ3v) is 2.17. The third kappa shape index (κ3) is 2.92. The van der Waals surface area contributed by atoms with E-state index in [1.54, 1.807) is 6.92 Å². The zero-order valence-electron chi connectivity index (χ0n) is 10.1. The van der Waals surface area contributed by atoms with Crippen molar-refractivity contribution >= 4 is 5.97 Å². The summed E-state index contributed by atoms with van der Waals surface area (Å²) in [7, 11) is 1.19. The van der Waals surface area contributed by atoms with Gasteiger partial charge in [-0.1, -0.05) is 0 Å². The van der Waals surface area contributed by atoms with Gasteiger partial charge in [0.05, 0.1) is 25.0 Å². The van der Waals surface area contributed by atoms with Gasteiger partial charge in [0.25, 0.3) is 6.43 Å². The van der Waals surface area contributed by atoms with Crippen molar-refractivity contribution in [2.45, 2.75) is 19.9 Å². The topological polar surface area (TPSA) is 74.4 Å². The molecule has 1 aromatic heterocycles. The van der Waals surface area contributed by atoms with Crippen molar-refractivity contribution in [2.75, 3.05) is 13.7 Å². The molecule has 0 aliphatic heterocycles. The molecule has 0 amide bonds. The van der Waals surface area contributed by atoms with E-state index in [0.717, 1.165) is 6.07 Å². The number of halogens is 2. The average Bonchev–Trinajstić information content (AvgIpc) is 2.37. The van der Waals surface area contributed by atoms with Crippen LogP contribution in [0.4, 0.5) is 8.78 Å². The maximum Gasteiger partial charge on any atom is 0.360 e. The first-order valence-corrected chi connectivity index (χ1v) is 5.28. The van der Waals surface area contributed by atoms with Gasteiger partial charge in [-0.15, -0.1) is 0 Å². The van der Waals surface area contributed by atoms with E-state index < -0.39 is 18.0 Å². The Morgan fingerprint density at radius 1 is 1.56 bits per heavy atom. The predicted molar refractivity (Wildman–Crippen MR) is 59.6 cm³/mol. The number of alkyl halides is 2. The number of pyridine rings is 1. The van der Waals surface area contributed by atoms with Crippen LogP contribution in [0.1, 0.15) is 35.1 Å². The fraction of sp³-hybridized carbons (Fsp3) is 0.455. The number of hydrogen-bond donors (Lipinski definition) is 1. The van der Waals surface area contributed by atoms with Crippen LogP contribution in [0.5, 0.6) is 5.75 Å². The molecule has 0 aliphatic rings. The van der Waals surface area contributed by atoms with Crippen molar-refractivity contribution in [3.8, 4) is 5.75 Å². The summed E-state index contributed by atoms with van der Waals surface area (Å²) in [6, 6.07) is 1.12. The van der Waals surface area contributed by atoms with Gasteiger partial charge in [0.1, 0.15) is 0 Å². The molecule has 0 saturated carbocycles. The molecule has 0 atom stereocenters. The Morgan fingerprint density at radius 2 is 2.22 bits per heavy atom. The number of carbonyl (C=O) groups is 1. The SMILES string of the molecule is CCOC(=O)c1nc(CN)cc(C(F)F)c1OC. The lowest BCUT2D eigenvalue weighted by Gasteiger charge is -2.13. The monoisotopic (exact) mass is 260 g/mol. The van der Waals surface area contributed by atoms with Crippen molar-refractivity contribution in [3.05, 3.63) is 23.0 Å². The number of esters is 1. The molecule has 18 heavy (non-hydrogen) atoms. The van der Waals surface area contributed by atoms with Crippen molar-refractivity contribution in [3.63, 3.8) is 0 Å². The highest BCUT2D eigenvalue weighted by Gasteiger charge is 2.24. The van der Waals surface area contributed by atoms with E-state index in [2.05, 4.69) is 4.98 Å². The van der Waals surface area contributed by atoms with Crippen molar-refractivity contribution in [1.82, 2.24) is 4.98 Å². The molecule has 1 rings (SSSR count). The standard InChI is InChI=1S/C11H14F2N2O3/c1-3-18-11(16)8-9(17-2)7(10(12)13)4-6(5-14)15-8/h4,10H,3,5,14H2,1-2H3. The number of nitrogens with zero attached hydrogens (tertiary/aromatic N) is 1. The zero-order chi connectivity index (χ0) is 13.7. The molecule has 2 N–H and O–H groups in total. The second-order valence-corrected chi connectivity index (χ2v) is 3.31. The molecule has 100 valence electrons. The average molecular weight is 260 g/mol. The van der Waals surface area contributed by atoms with Gasteiger partial charge in [-0.05, 0) is 13.0 Å². The number of nitrogens with two attached hydrogens (primary N) is 1. The first-order chi connectivity index (χ1) is 8.54. The van der Waals surface area contributed by atoms with Gasteiger partial charge in [-0.3, -0.25) is 0 Å². The van der Waals surface area contributed by atoms with E-state index in [0.29, 0.717) is 0 Å². The fourth-order valence-electron chi connectivity index (χ4n) is 1.43. The van der Waals surface area contributed by atoms with Gasteiger partial charge in [0, 0.05) is 6.54 Å². The lowest BCUT2D eigenvalue weighted by Crippen LogP contribution is -2.14. The lowest BCUT2D eigenvalue weighted by molar-refractivity contribution is 0.0514. The highest BCUT2D eigenvalue weighted by Crippen LogP contribution is 2.32. The van der Waals surface area contributed by atoms with Gasteiger partial charge >= 0.3 is 5.97 Å². The third-order valence-electron chi connectivity index (χ3n) is 2.17. The van der Waals surface area contributed by atoms with Crippen molar-refractivity contribution in [1.29, 1.82) is 0 Å². The molecule has 0 radical (unpaired) electrons. The van der Waals surface area contributed by atoms with E-state index in [1.165, 1.54) is 7.11 Å². The predicted octanol–water partition coefficient (Wildman–Crippen LogP) is 1.66. The number of methoxy groups -OCH3 is 1. The molecular weight excluding hydrogens is 246 g/mol. The van der Waals surface area contributed by atoms with Gasteiger partial charge in [-0.25, -0.2) is 18.6 Å². The van der Waals surface area contributed by atoms with Gasteiger partial charge in [0.2, 0.25) is 0 Å². The van der Waals surface area contributed by atoms with Crippen LogP contribution in [0.2, 0.25) is 0 Å². The summed E-state index contributed by atoms with van der Waals surface area (Å²) in [6.45, 7) is 1.65. The smallest absolute Gasteiger partial charge is 0.360 e. The molecule has 0 spiro atoms. The first-order valence-electron chi connectivity index (χ1n) is 5.28. The van der Waals surface area contributed by atoms with Crippen molar-refractivity contribution < 1.29 is 23.0 Å². The quantitative estimate of drug-likeness (QED) is 0.815. The molecule has 0 aliphatic carbocycles. The van der Waals surface area contributed by atoms with Crippen LogP contribution in [0.25, 0.3) is 0 Å². The summed E-state index contributed by atoms with van der Waals surface area (Å²) in [5, 5.41) is 0. The molecule has 5 nitrogen and oxygen atoms in total. The van der Waals surface area contributed by atoms with Crippen LogP contribution >= 0.6 is 0 Å². The summed E-state index contributed by atoms with van der Waals surface area (Å²) in [4.78, 5) is 15.5. The van der Waals surface area contributed by atoms with Gasteiger partial charge in [-0.2, -0.15) is 0 Å². The van der Waals surface area contributed by atoms with Crippen LogP contribution in [-0.4, -0.2) is 24.7 Å². The zero-order valence-corrected chi connectivity index (χ0v) is 10.1.